The summed E-state index contributed by atoms with van der Waals surface area (Å²) < 4.78 is 16.1. The average Bonchev–Trinajstić information content (AvgIpc) is 3.40. The third-order valence-corrected chi connectivity index (χ3v) is 5.09. The molecule has 27 heavy (non-hydrogen) atoms. The van der Waals surface area contributed by atoms with Gasteiger partial charge in [0.2, 0.25) is 11.8 Å². The Bertz CT molecular complexity index is 837. The molecule has 0 saturated heterocycles. The maximum absolute atomic E-state index is 14.2. The zero-order chi connectivity index (χ0) is 19.4. The summed E-state index contributed by atoms with van der Waals surface area (Å²) in [5, 5.41) is 14.2. The number of thioether (sulfide) groups is 1. The highest BCUT2D eigenvalue weighted by atomic mass is 32.2. The number of benzene rings is 1. The van der Waals surface area contributed by atoms with Crippen LogP contribution in [0.25, 0.3) is 11.4 Å². The molecule has 1 atom stereocenters. The third-order valence-electron chi connectivity index (χ3n) is 4.15. The highest BCUT2D eigenvalue weighted by Gasteiger charge is 2.31. The zero-order valence-corrected chi connectivity index (χ0v) is 16.1. The van der Waals surface area contributed by atoms with Crippen molar-refractivity contribution in [1.82, 2.24) is 25.4 Å². The van der Waals surface area contributed by atoms with Crippen molar-refractivity contribution in [3.05, 3.63) is 30.1 Å². The second-order valence-electron chi connectivity index (χ2n) is 6.36. The van der Waals surface area contributed by atoms with E-state index in [2.05, 4.69) is 20.8 Å². The molecule has 2 aromatic rings. The first kappa shape index (κ1) is 19.3. The van der Waals surface area contributed by atoms with Gasteiger partial charge < -0.3 is 10.6 Å². The average molecular weight is 391 g/mol. The summed E-state index contributed by atoms with van der Waals surface area (Å²) in [6, 6.07) is 6.08. The van der Waals surface area contributed by atoms with Gasteiger partial charge in [-0.1, -0.05) is 23.9 Å². The summed E-state index contributed by atoms with van der Waals surface area (Å²) in [6.45, 7) is 3.97. The normalized spacial score (nSPS) is 14.6. The predicted octanol–water partition coefficient (Wildman–Crippen LogP) is 2.15. The maximum Gasteiger partial charge on any atom is 0.242 e. The van der Waals surface area contributed by atoms with Crippen LogP contribution in [0.2, 0.25) is 0 Å². The fourth-order valence-electron chi connectivity index (χ4n) is 2.67. The number of rotatable bonds is 8. The second kappa shape index (κ2) is 8.51. The molecule has 2 N–H and O–H groups in total. The molecular weight excluding hydrogens is 369 g/mol. The number of nitrogens with zero attached hydrogens (tertiary/aromatic N) is 3. The van der Waals surface area contributed by atoms with E-state index in [1.807, 2.05) is 11.5 Å². The molecule has 1 heterocycles. The molecule has 1 saturated carbocycles. The van der Waals surface area contributed by atoms with E-state index in [4.69, 9.17) is 0 Å². The molecule has 0 bridgehead atoms. The van der Waals surface area contributed by atoms with Gasteiger partial charge in [-0.05, 0) is 38.8 Å². The number of nitrogens with one attached hydrogen (secondary N) is 2. The number of aromatic nitrogens is 3. The van der Waals surface area contributed by atoms with Gasteiger partial charge >= 0.3 is 0 Å². The Balaban J connectivity index is 1.68. The van der Waals surface area contributed by atoms with Crippen LogP contribution in [0.4, 0.5) is 4.39 Å². The first-order valence-electron chi connectivity index (χ1n) is 8.91. The van der Waals surface area contributed by atoms with E-state index in [1.54, 1.807) is 25.1 Å². The van der Waals surface area contributed by atoms with Crippen LogP contribution < -0.4 is 10.6 Å². The molecule has 1 aromatic carbocycles. The molecule has 0 unspecified atom stereocenters. The van der Waals surface area contributed by atoms with Gasteiger partial charge in [-0.15, -0.1) is 10.2 Å². The molecule has 1 aromatic heterocycles. The number of carbonyl (C=O) groups excluding carboxylic acids is 2. The van der Waals surface area contributed by atoms with Crippen LogP contribution in [0.15, 0.2) is 29.4 Å². The molecule has 144 valence electrons. The van der Waals surface area contributed by atoms with Gasteiger partial charge in [0, 0.05) is 12.6 Å². The van der Waals surface area contributed by atoms with Crippen LogP contribution in [0.1, 0.15) is 32.7 Å². The Kier molecular flexibility index (Phi) is 6.10. The monoisotopic (exact) mass is 391 g/mol. The summed E-state index contributed by atoms with van der Waals surface area (Å²) in [4.78, 5) is 23.8. The lowest BCUT2D eigenvalue weighted by atomic mass is 10.2. The lowest BCUT2D eigenvalue weighted by Crippen LogP contribution is -2.45. The van der Waals surface area contributed by atoms with Crippen LogP contribution in [-0.2, 0) is 9.59 Å². The molecule has 2 amide bonds. The highest BCUT2D eigenvalue weighted by Crippen LogP contribution is 2.41. The van der Waals surface area contributed by atoms with E-state index < -0.39 is 6.04 Å². The van der Waals surface area contributed by atoms with Crippen LogP contribution in [-0.4, -0.2) is 44.9 Å². The Morgan fingerprint density at radius 1 is 1.33 bits per heavy atom. The topological polar surface area (TPSA) is 88.9 Å². The summed E-state index contributed by atoms with van der Waals surface area (Å²) >= 11 is 1.24. The van der Waals surface area contributed by atoms with Gasteiger partial charge in [0.1, 0.15) is 11.9 Å². The Hall–Kier alpha value is -2.42. The highest BCUT2D eigenvalue weighted by molar-refractivity contribution is 7.99. The van der Waals surface area contributed by atoms with Crippen LogP contribution >= 0.6 is 11.8 Å². The van der Waals surface area contributed by atoms with Crippen molar-refractivity contribution >= 4 is 23.6 Å². The van der Waals surface area contributed by atoms with Gasteiger partial charge in [0.25, 0.3) is 0 Å². The van der Waals surface area contributed by atoms with Crippen LogP contribution in [0.5, 0.6) is 0 Å². The number of amides is 2. The quantitative estimate of drug-likeness (QED) is 0.673. The van der Waals surface area contributed by atoms with Crippen molar-refractivity contribution in [2.75, 3.05) is 12.3 Å². The second-order valence-corrected chi connectivity index (χ2v) is 7.30. The van der Waals surface area contributed by atoms with E-state index in [1.165, 1.54) is 17.8 Å². The smallest absolute Gasteiger partial charge is 0.242 e. The fourth-order valence-corrected chi connectivity index (χ4v) is 3.49. The summed E-state index contributed by atoms with van der Waals surface area (Å²) in [5.41, 5.74) is 0.401. The lowest BCUT2D eigenvalue weighted by Gasteiger charge is -2.13. The minimum absolute atomic E-state index is 0.103. The van der Waals surface area contributed by atoms with Gasteiger partial charge in [-0.25, -0.2) is 4.39 Å². The van der Waals surface area contributed by atoms with E-state index in [0.717, 1.165) is 12.8 Å². The Morgan fingerprint density at radius 2 is 2.07 bits per heavy atom. The predicted molar refractivity (Wildman–Crippen MR) is 101 cm³/mol. The molecule has 1 fully saturated rings. The SMILES string of the molecule is CCNC(=O)[C@H](C)NC(=O)CSc1nnc(-c2ccccc2F)n1C1CC1. The summed E-state index contributed by atoms with van der Waals surface area (Å²) in [7, 11) is 0. The van der Waals surface area contributed by atoms with Crippen molar-refractivity contribution in [2.45, 2.75) is 43.9 Å². The van der Waals surface area contributed by atoms with Crippen molar-refractivity contribution in [1.29, 1.82) is 0 Å². The van der Waals surface area contributed by atoms with E-state index >= 15 is 0 Å². The van der Waals surface area contributed by atoms with Gasteiger partial charge in [-0.3, -0.25) is 14.2 Å². The molecule has 0 spiro atoms. The van der Waals surface area contributed by atoms with Gasteiger partial charge in [0.15, 0.2) is 11.0 Å². The molecule has 1 aliphatic rings. The Morgan fingerprint density at radius 3 is 2.74 bits per heavy atom. The molecule has 7 nitrogen and oxygen atoms in total. The zero-order valence-electron chi connectivity index (χ0n) is 15.2. The largest absolute Gasteiger partial charge is 0.355 e. The van der Waals surface area contributed by atoms with Crippen molar-refractivity contribution in [2.24, 2.45) is 0 Å². The van der Waals surface area contributed by atoms with E-state index in [0.29, 0.717) is 23.1 Å². The minimum Gasteiger partial charge on any atom is -0.355 e. The van der Waals surface area contributed by atoms with Gasteiger partial charge in [-0.2, -0.15) is 0 Å². The summed E-state index contributed by atoms with van der Waals surface area (Å²) in [6.07, 6.45) is 1.96. The van der Waals surface area contributed by atoms with Crippen molar-refractivity contribution in [3.8, 4) is 11.4 Å². The maximum atomic E-state index is 14.2. The summed E-state index contributed by atoms with van der Waals surface area (Å²) in [5.74, 6) is -0.257. The van der Waals surface area contributed by atoms with E-state index in [9.17, 15) is 14.0 Å². The number of halogens is 1. The molecule has 9 heteroatoms. The van der Waals surface area contributed by atoms with E-state index in [-0.39, 0.29) is 29.4 Å². The molecule has 3 rings (SSSR count). The number of likely N-dealkylation sites (N-methyl/N-ethyl adjacent to an activating group) is 1. The minimum atomic E-state index is -0.603. The van der Waals surface area contributed by atoms with Crippen molar-refractivity contribution in [3.63, 3.8) is 0 Å². The standard InChI is InChI=1S/C18H22FN5O2S/c1-3-20-17(26)11(2)21-15(25)10-27-18-23-22-16(24(18)12-8-9-12)13-6-4-5-7-14(13)19/h4-7,11-12H,3,8-10H2,1-2H3,(H,20,26)(H,21,25)/t11-/m0/s1. The molecule has 0 aliphatic heterocycles. The molecular formula is C18H22FN5O2S. The first-order valence-corrected chi connectivity index (χ1v) is 9.89. The van der Waals surface area contributed by atoms with Crippen LogP contribution in [0, 0.1) is 5.82 Å². The number of hydrogen-bond donors (Lipinski definition) is 2. The molecule has 0 radical (unpaired) electrons. The lowest BCUT2D eigenvalue weighted by molar-refractivity contribution is -0.127. The fraction of sp³-hybridized carbons (Fsp3) is 0.444. The van der Waals surface area contributed by atoms with Crippen molar-refractivity contribution < 1.29 is 14.0 Å². The number of carbonyl (C=O) groups is 2. The Labute approximate surface area is 161 Å². The number of hydrogen-bond acceptors (Lipinski definition) is 5. The molecule has 1 aliphatic carbocycles. The van der Waals surface area contributed by atoms with Crippen LogP contribution in [0.3, 0.4) is 0 Å². The van der Waals surface area contributed by atoms with Gasteiger partial charge in [0.05, 0.1) is 11.3 Å². The first-order chi connectivity index (χ1) is 13.0. The third kappa shape index (κ3) is 4.65.